The number of ether oxygens (including phenoxy) is 1. The summed E-state index contributed by atoms with van der Waals surface area (Å²) in [6.07, 6.45) is 1.35. The quantitative estimate of drug-likeness (QED) is 0.0746. The zero-order valence-electron chi connectivity index (χ0n) is 30.4. The molecule has 4 amide bonds. The maximum Gasteiger partial charge on any atom is 0.305 e. The summed E-state index contributed by atoms with van der Waals surface area (Å²) in [6.45, 7) is 4.80. The zero-order valence-corrected chi connectivity index (χ0v) is 30.4. The standard InChI is InChI=1S/C37H47BF2N6O7/c1-37(2,3)34(30-16-24(26-17-25(39)10-11-28(26)40)21-45(30)20-23-8-6-5-7-9-23)46(32(49)22-47)15-12-29(41)36(52)43-14-13-42-31(48)19-44-35(51)27(38)18-33(50)53-4/h5-11,16-17,21,27,29,34,47H,12-15,18-20,22,41H2,1-4H3,(H,42,48)(H,43,52)(H,44,51)/t27-,29-,34-/m0/s1. The van der Waals surface area contributed by atoms with Crippen LogP contribution in [0.15, 0.2) is 60.8 Å². The molecule has 0 bridgehead atoms. The van der Waals surface area contributed by atoms with Crippen molar-refractivity contribution in [1.82, 2.24) is 25.4 Å². The second-order valence-electron chi connectivity index (χ2n) is 13.5. The van der Waals surface area contributed by atoms with E-state index in [2.05, 4.69) is 20.7 Å². The maximum absolute atomic E-state index is 15.0. The summed E-state index contributed by atoms with van der Waals surface area (Å²) >= 11 is 0. The van der Waals surface area contributed by atoms with Gasteiger partial charge >= 0.3 is 5.97 Å². The molecule has 53 heavy (non-hydrogen) atoms. The van der Waals surface area contributed by atoms with Crippen LogP contribution < -0.4 is 21.7 Å². The Morgan fingerprint density at radius 1 is 0.981 bits per heavy atom. The van der Waals surface area contributed by atoms with Gasteiger partial charge in [-0.15, -0.1) is 0 Å². The number of carbonyl (C=O) groups is 5. The molecule has 1 heterocycles. The highest BCUT2D eigenvalue weighted by atomic mass is 19.1. The first kappa shape index (κ1) is 42.3. The predicted octanol–water partition coefficient (Wildman–Crippen LogP) is 1.98. The lowest BCUT2D eigenvalue weighted by atomic mass is 9.82. The van der Waals surface area contributed by atoms with Crippen LogP contribution in [0.3, 0.4) is 0 Å². The van der Waals surface area contributed by atoms with E-state index in [0.717, 1.165) is 30.9 Å². The van der Waals surface area contributed by atoms with Crippen LogP contribution in [0.25, 0.3) is 11.1 Å². The molecule has 0 aliphatic carbocycles. The van der Waals surface area contributed by atoms with E-state index in [4.69, 9.17) is 13.6 Å². The van der Waals surface area contributed by atoms with Gasteiger partial charge in [0.15, 0.2) is 0 Å². The van der Waals surface area contributed by atoms with Crippen molar-refractivity contribution >= 4 is 37.4 Å². The molecule has 16 heteroatoms. The van der Waals surface area contributed by atoms with Gasteiger partial charge in [-0.3, -0.25) is 24.0 Å². The second kappa shape index (κ2) is 19.7. The molecule has 0 unspecified atom stereocenters. The Hall–Kier alpha value is -5.09. The highest BCUT2D eigenvalue weighted by Crippen LogP contribution is 2.41. The molecule has 1 aromatic heterocycles. The number of hydrogen-bond acceptors (Lipinski definition) is 8. The van der Waals surface area contributed by atoms with Crippen LogP contribution in [0.4, 0.5) is 8.78 Å². The first-order valence-electron chi connectivity index (χ1n) is 17.1. The van der Waals surface area contributed by atoms with Crippen LogP contribution in [-0.4, -0.2) is 98.0 Å². The fourth-order valence-corrected chi connectivity index (χ4v) is 5.74. The van der Waals surface area contributed by atoms with Gasteiger partial charge in [-0.1, -0.05) is 51.1 Å². The summed E-state index contributed by atoms with van der Waals surface area (Å²) in [5, 5.41) is 17.5. The molecule has 6 N–H and O–H groups in total. The number of carbonyl (C=O) groups excluding carboxylic acids is 5. The number of esters is 1. The molecule has 13 nitrogen and oxygen atoms in total. The number of nitrogens with two attached hydrogens (primary N) is 1. The number of aromatic nitrogens is 1. The molecule has 2 aromatic carbocycles. The Morgan fingerprint density at radius 3 is 2.30 bits per heavy atom. The first-order chi connectivity index (χ1) is 25.0. The Balaban J connectivity index is 1.72. The van der Waals surface area contributed by atoms with Crippen LogP contribution in [-0.2, 0) is 35.3 Å². The SMILES string of the molecule is [B][C@@H](CC(=O)OC)C(=O)NCC(=O)NCCNC(=O)[C@@H](N)CCN(C(=O)CO)[C@@H](c1cc(-c2cc(F)ccc2F)cn1Cc1ccccc1)C(C)(C)C. The summed E-state index contributed by atoms with van der Waals surface area (Å²) in [4.78, 5) is 63.0. The monoisotopic (exact) mass is 736 g/mol. The van der Waals surface area contributed by atoms with E-state index in [0.29, 0.717) is 17.8 Å². The average molecular weight is 737 g/mol. The van der Waals surface area contributed by atoms with E-state index in [1.54, 1.807) is 12.3 Å². The molecule has 0 spiro atoms. The van der Waals surface area contributed by atoms with Gasteiger partial charge in [0, 0.05) is 61.4 Å². The molecule has 3 aromatic rings. The van der Waals surface area contributed by atoms with Crippen molar-refractivity contribution in [2.75, 3.05) is 39.9 Å². The van der Waals surface area contributed by atoms with Crippen molar-refractivity contribution in [2.24, 2.45) is 11.1 Å². The average Bonchev–Trinajstić information content (AvgIpc) is 3.52. The molecule has 284 valence electrons. The Bertz CT molecular complexity index is 1730. The van der Waals surface area contributed by atoms with Crippen LogP contribution in [0, 0.1) is 17.0 Å². The largest absolute Gasteiger partial charge is 0.469 e. The predicted molar refractivity (Wildman–Crippen MR) is 194 cm³/mol. The summed E-state index contributed by atoms with van der Waals surface area (Å²) in [5.74, 6) is -5.53. The van der Waals surface area contributed by atoms with Gasteiger partial charge in [-0.25, -0.2) is 8.78 Å². The molecule has 0 aliphatic rings. The number of halogens is 2. The molecule has 0 saturated carbocycles. The molecular formula is C37H47BF2N6O7. The topological polar surface area (TPSA) is 185 Å². The van der Waals surface area contributed by atoms with Gasteiger partial charge in [0.25, 0.3) is 0 Å². The van der Waals surface area contributed by atoms with E-state index in [9.17, 15) is 37.9 Å². The van der Waals surface area contributed by atoms with E-state index in [-0.39, 0.29) is 38.0 Å². The van der Waals surface area contributed by atoms with E-state index >= 15 is 0 Å². The van der Waals surface area contributed by atoms with Gasteiger partial charge in [-0.2, -0.15) is 0 Å². The van der Waals surface area contributed by atoms with Gasteiger partial charge in [0.2, 0.25) is 23.6 Å². The lowest BCUT2D eigenvalue weighted by Crippen LogP contribution is -2.48. The van der Waals surface area contributed by atoms with Gasteiger partial charge in [0.05, 0.1) is 33.6 Å². The number of amides is 4. The molecule has 2 radical (unpaired) electrons. The van der Waals surface area contributed by atoms with Crippen molar-refractivity contribution in [3.63, 3.8) is 0 Å². The summed E-state index contributed by atoms with van der Waals surface area (Å²) in [7, 11) is 6.76. The van der Waals surface area contributed by atoms with E-state index in [1.165, 1.54) is 4.90 Å². The number of benzene rings is 2. The molecule has 0 saturated heterocycles. The fourth-order valence-electron chi connectivity index (χ4n) is 5.74. The number of aliphatic hydroxyl groups is 1. The Morgan fingerprint density at radius 2 is 1.66 bits per heavy atom. The van der Waals surface area contributed by atoms with Crippen molar-refractivity contribution in [3.05, 3.63) is 83.7 Å². The third-order valence-corrected chi connectivity index (χ3v) is 8.37. The van der Waals surface area contributed by atoms with E-state index in [1.807, 2.05) is 55.7 Å². The third-order valence-electron chi connectivity index (χ3n) is 8.37. The number of rotatable bonds is 18. The minimum absolute atomic E-state index is 0.000844. The van der Waals surface area contributed by atoms with Gasteiger partial charge < -0.3 is 41.0 Å². The van der Waals surface area contributed by atoms with E-state index < -0.39 is 77.7 Å². The number of hydrogen-bond donors (Lipinski definition) is 5. The lowest BCUT2D eigenvalue weighted by Gasteiger charge is -2.41. The van der Waals surface area contributed by atoms with Crippen LogP contribution >= 0.6 is 0 Å². The zero-order chi connectivity index (χ0) is 39.3. The van der Waals surface area contributed by atoms with Gasteiger partial charge in [-0.05, 0) is 41.7 Å². The normalized spacial score (nSPS) is 13.0. The molecule has 0 fully saturated rings. The maximum atomic E-state index is 15.0. The molecule has 0 aliphatic heterocycles. The number of aliphatic hydroxyl groups excluding tert-OH is 1. The van der Waals surface area contributed by atoms with Crippen molar-refractivity contribution in [3.8, 4) is 11.1 Å². The highest BCUT2D eigenvalue weighted by Gasteiger charge is 2.37. The smallest absolute Gasteiger partial charge is 0.305 e. The summed E-state index contributed by atoms with van der Waals surface area (Å²) in [6, 6.07) is 12.6. The number of methoxy groups -OCH3 is 1. The second-order valence-corrected chi connectivity index (χ2v) is 13.5. The summed E-state index contributed by atoms with van der Waals surface area (Å²) in [5.41, 5.74) is 7.51. The minimum Gasteiger partial charge on any atom is -0.469 e. The van der Waals surface area contributed by atoms with Crippen molar-refractivity contribution in [2.45, 2.75) is 58.1 Å². The van der Waals surface area contributed by atoms with Crippen LogP contribution in [0.1, 0.15) is 50.9 Å². The molecule has 3 rings (SSSR count). The van der Waals surface area contributed by atoms with Crippen LogP contribution in [0.5, 0.6) is 0 Å². The number of nitrogens with zero attached hydrogens (tertiary/aromatic N) is 2. The lowest BCUT2D eigenvalue weighted by molar-refractivity contribution is -0.142. The molecular weight excluding hydrogens is 689 g/mol. The Labute approximate surface area is 309 Å². The molecule has 3 atom stereocenters. The Kier molecular flexibility index (Phi) is 15.7. The van der Waals surface area contributed by atoms with Crippen molar-refractivity contribution < 1.29 is 42.6 Å². The van der Waals surface area contributed by atoms with Gasteiger partial charge in [0.1, 0.15) is 18.2 Å². The fraction of sp³-hybridized carbons (Fsp3) is 0.432. The first-order valence-corrected chi connectivity index (χ1v) is 17.1. The third kappa shape index (κ3) is 12.5. The minimum atomic E-state index is -1.18. The van der Waals surface area contributed by atoms with Crippen molar-refractivity contribution in [1.29, 1.82) is 0 Å². The highest BCUT2D eigenvalue weighted by molar-refractivity contribution is 6.25. The summed E-state index contributed by atoms with van der Waals surface area (Å²) < 4.78 is 35.6. The van der Waals surface area contributed by atoms with Crippen LogP contribution in [0.2, 0.25) is 5.82 Å². The number of nitrogens with one attached hydrogen (secondary N) is 3.